The summed E-state index contributed by atoms with van der Waals surface area (Å²) < 4.78 is 0. The summed E-state index contributed by atoms with van der Waals surface area (Å²) in [6.45, 7) is 2.28. The molecule has 21 heavy (non-hydrogen) atoms. The zero-order valence-electron chi connectivity index (χ0n) is 14.1. The first-order valence-electron chi connectivity index (χ1n) is 9.45. The minimum atomic E-state index is -0.649. The van der Waals surface area contributed by atoms with Crippen LogP contribution in [0.3, 0.4) is 0 Å². The molecular weight excluding hydrogens is 260 g/mol. The summed E-state index contributed by atoms with van der Waals surface area (Å²) in [6.07, 6.45) is 19.1. The molecule has 1 aliphatic rings. The van der Waals surface area contributed by atoms with E-state index >= 15 is 0 Å². The predicted octanol–water partition coefficient (Wildman–Crippen LogP) is 6.19. The minimum Gasteiger partial charge on any atom is -0.481 e. The van der Waals surface area contributed by atoms with Crippen LogP contribution in [0.2, 0.25) is 0 Å². The first-order chi connectivity index (χ1) is 10.2. The van der Waals surface area contributed by atoms with E-state index in [2.05, 4.69) is 6.92 Å². The largest absolute Gasteiger partial charge is 0.481 e. The van der Waals surface area contributed by atoms with Gasteiger partial charge >= 0.3 is 5.97 Å². The molecule has 0 heterocycles. The van der Waals surface area contributed by atoms with Crippen molar-refractivity contribution < 1.29 is 9.90 Å². The highest BCUT2D eigenvalue weighted by molar-refractivity contribution is 5.66. The minimum absolute atomic E-state index is 0.349. The van der Waals surface area contributed by atoms with Crippen molar-refractivity contribution in [2.24, 2.45) is 11.8 Å². The van der Waals surface area contributed by atoms with E-state index in [9.17, 15) is 4.79 Å². The Labute approximate surface area is 131 Å². The quantitative estimate of drug-likeness (QED) is 0.366. The molecule has 0 aliphatic heterocycles. The van der Waals surface area contributed by atoms with E-state index in [0.717, 1.165) is 24.7 Å². The number of rotatable bonds is 15. The van der Waals surface area contributed by atoms with Crippen LogP contribution >= 0.6 is 0 Å². The maximum Gasteiger partial charge on any atom is 0.303 e. The van der Waals surface area contributed by atoms with Crippen molar-refractivity contribution in [1.29, 1.82) is 0 Å². The second kappa shape index (κ2) is 12.1. The average Bonchev–Trinajstić information content (AvgIpc) is 3.20. The molecule has 2 heteroatoms. The maximum atomic E-state index is 10.4. The van der Waals surface area contributed by atoms with Gasteiger partial charge in [0.15, 0.2) is 0 Å². The van der Waals surface area contributed by atoms with Gasteiger partial charge in [0.05, 0.1) is 0 Å². The fraction of sp³-hybridized carbons (Fsp3) is 0.947. The van der Waals surface area contributed by atoms with E-state index in [1.165, 1.54) is 77.0 Å². The second-order valence-corrected chi connectivity index (χ2v) is 7.01. The first kappa shape index (κ1) is 18.5. The third-order valence-corrected chi connectivity index (χ3v) is 4.96. The Morgan fingerprint density at radius 2 is 1.29 bits per heavy atom. The fourth-order valence-electron chi connectivity index (χ4n) is 3.42. The van der Waals surface area contributed by atoms with Gasteiger partial charge in [-0.3, -0.25) is 4.79 Å². The molecule has 124 valence electrons. The average molecular weight is 296 g/mol. The van der Waals surface area contributed by atoms with Crippen molar-refractivity contribution in [3.8, 4) is 0 Å². The SMILES string of the molecule is CCCCCCCC1CC1CCCCCCCCC(=O)O. The highest BCUT2D eigenvalue weighted by Gasteiger charge is 2.34. The van der Waals surface area contributed by atoms with E-state index in [-0.39, 0.29) is 0 Å². The molecule has 1 aliphatic carbocycles. The van der Waals surface area contributed by atoms with Crippen LogP contribution in [0.25, 0.3) is 0 Å². The van der Waals surface area contributed by atoms with Crippen molar-refractivity contribution in [3.63, 3.8) is 0 Å². The lowest BCUT2D eigenvalue weighted by molar-refractivity contribution is -0.137. The molecule has 1 saturated carbocycles. The Hall–Kier alpha value is -0.530. The van der Waals surface area contributed by atoms with Crippen LogP contribution in [0.4, 0.5) is 0 Å². The highest BCUT2D eigenvalue weighted by Crippen LogP contribution is 2.45. The summed E-state index contributed by atoms with van der Waals surface area (Å²) in [5, 5.41) is 8.55. The predicted molar refractivity (Wildman–Crippen MR) is 89.5 cm³/mol. The van der Waals surface area contributed by atoms with E-state index in [1.807, 2.05) is 0 Å². The topological polar surface area (TPSA) is 37.3 Å². The van der Waals surface area contributed by atoms with Gasteiger partial charge in [0.2, 0.25) is 0 Å². The fourth-order valence-corrected chi connectivity index (χ4v) is 3.42. The van der Waals surface area contributed by atoms with Gasteiger partial charge in [-0.05, 0) is 24.7 Å². The van der Waals surface area contributed by atoms with Gasteiger partial charge in [-0.1, -0.05) is 84.0 Å². The van der Waals surface area contributed by atoms with Gasteiger partial charge in [0, 0.05) is 6.42 Å². The van der Waals surface area contributed by atoms with Crippen LogP contribution in [0, 0.1) is 11.8 Å². The standard InChI is InChI=1S/C19H36O2/c1-2-3-4-7-10-13-17-16-18(17)14-11-8-5-6-9-12-15-19(20)21/h17-18H,2-16H2,1H3,(H,20,21). The van der Waals surface area contributed by atoms with Crippen LogP contribution in [-0.2, 0) is 4.79 Å². The van der Waals surface area contributed by atoms with Crippen molar-refractivity contribution in [2.45, 2.75) is 103 Å². The third-order valence-electron chi connectivity index (χ3n) is 4.96. The van der Waals surface area contributed by atoms with Crippen LogP contribution in [0.15, 0.2) is 0 Å². The van der Waals surface area contributed by atoms with Crippen molar-refractivity contribution >= 4 is 5.97 Å². The Morgan fingerprint density at radius 1 is 0.810 bits per heavy atom. The van der Waals surface area contributed by atoms with Gasteiger partial charge in [0.25, 0.3) is 0 Å². The van der Waals surface area contributed by atoms with Gasteiger partial charge in [0.1, 0.15) is 0 Å². The maximum absolute atomic E-state index is 10.4. The van der Waals surface area contributed by atoms with E-state index in [4.69, 9.17) is 5.11 Å². The molecule has 0 bridgehead atoms. The normalized spacial score (nSPS) is 20.6. The number of hydrogen-bond donors (Lipinski definition) is 1. The first-order valence-corrected chi connectivity index (χ1v) is 9.45. The summed E-state index contributed by atoms with van der Waals surface area (Å²) in [4.78, 5) is 10.4. The van der Waals surface area contributed by atoms with E-state index in [1.54, 1.807) is 0 Å². The number of hydrogen-bond acceptors (Lipinski definition) is 1. The summed E-state index contributed by atoms with van der Waals surface area (Å²) >= 11 is 0. The third kappa shape index (κ3) is 10.8. The lowest BCUT2D eigenvalue weighted by Gasteiger charge is -2.02. The van der Waals surface area contributed by atoms with Crippen LogP contribution < -0.4 is 0 Å². The summed E-state index contributed by atoms with van der Waals surface area (Å²) in [5.41, 5.74) is 0. The molecule has 0 aromatic rings. The van der Waals surface area contributed by atoms with Crippen molar-refractivity contribution in [3.05, 3.63) is 0 Å². The molecule has 2 atom stereocenters. The molecule has 2 unspecified atom stereocenters. The number of unbranched alkanes of at least 4 members (excludes halogenated alkanes) is 9. The molecule has 0 radical (unpaired) electrons. The monoisotopic (exact) mass is 296 g/mol. The molecule has 0 aromatic heterocycles. The number of carbonyl (C=O) groups is 1. The Morgan fingerprint density at radius 3 is 1.81 bits per heavy atom. The lowest BCUT2D eigenvalue weighted by Crippen LogP contribution is -1.93. The number of carboxylic acids is 1. The van der Waals surface area contributed by atoms with Gasteiger partial charge in [-0.25, -0.2) is 0 Å². The Bertz CT molecular complexity index is 262. The van der Waals surface area contributed by atoms with Crippen LogP contribution in [0.5, 0.6) is 0 Å². The zero-order chi connectivity index (χ0) is 15.3. The van der Waals surface area contributed by atoms with Gasteiger partial charge in [-0.15, -0.1) is 0 Å². The number of aliphatic carboxylic acids is 1. The molecule has 1 N–H and O–H groups in total. The highest BCUT2D eigenvalue weighted by atomic mass is 16.4. The van der Waals surface area contributed by atoms with E-state index < -0.39 is 5.97 Å². The molecule has 0 saturated heterocycles. The molecule has 0 aromatic carbocycles. The summed E-state index contributed by atoms with van der Waals surface area (Å²) in [5.74, 6) is 1.48. The molecule has 0 amide bonds. The lowest BCUT2D eigenvalue weighted by atomic mass is 10.0. The van der Waals surface area contributed by atoms with Gasteiger partial charge < -0.3 is 5.11 Å². The molecule has 1 rings (SSSR count). The molecule has 2 nitrogen and oxygen atoms in total. The van der Waals surface area contributed by atoms with Crippen LogP contribution in [0.1, 0.15) is 103 Å². The number of carboxylic acid groups (broad SMARTS) is 1. The zero-order valence-corrected chi connectivity index (χ0v) is 14.1. The smallest absolute Gasteiger partial charge is 0.303 e. The molecule has 1 fully saturated rings. The molecule has 0 spiro atoms. The summed E-state index contributed by atoms with van der Waals surface area (Å²) in [6, 6.07) is 0. The van der Waals surface area contributed by atoms with Gasteiger partial charge in [-0.2, -0.15) is 0 Å². The Kier molecular flexibility index (Phi) is 10.6. The molecular formula is C19H36O2. The van der Waals surface area contributed by atoms with E-state index in [0.29, 0.717) is 6.42 Å². The van der Waals surface area contributed by atoms with Crippen molar-refractivity contribution in [2.75, 3.05) is 0 Å². The Balaban J connectivity index is 1.76. The summed E-state index contributed by atoms with van der Waals surface area (Å²) in [7, 11) is 0. The second-order valence-electron chi connectivity index (χ2n) is 7.01. The van der Waals surface area contributed by atoms with Crippen LogP contribution in [-0.4, -0.2) is 11.1 Å². The van der Waals surface area contributed by atoms with Crippen molar-refractivity contribution in [1.82, 2.24) is 0 Å².